The minimum atomic E-state index is 1.12. The van der Waals surface area contributed by atoms with E-state index in [1.54, 1.807) is 0 Å². The van der Waals surface area contributed by atoms with Crippen LogP contribution < -0.4 is 0 Å². The lowest BCUT2D eigenvalue weighted by atomic mass is 9.98. The molecule has 0 aromatic heterocycles. The topological polar surface area (TPSA) is 0 Å². The van der Waals surface area contributed by atoms with Crippen molar-refractivity contribution in [3.8, 4) is 0 Å². The highest BCUT2D eigenvalue weighted by atomic mass is 14.1. The quantitative estimate of drug-likeness (QED) is 0.533. The normalized spacial score (nSPS) is 12.6. The monoisotopic (exact) mass is 180 g/mol. The highest BCUT2D eigenvalue weighted by Gasteiger charge is 2.10. The van der Waals surface area contributed by atoms with E-state index in [9.17, 15) is 0 Å². The van der Waals surface area contributed by atoms with Crippen LogP contribution in [0.5, 0.6) is 0 Å². The molecule has 0 bridgehead atoms. The van der Waals surface area contributed by atoms with Crippen molar-refractivity contribution in [2.75, 3.05) is 0 Å². The van der Waals surface area contributed by atoms with E-state index in [1.807, 2.05) is 0 Å². The zero-order valence-corrected chi connectivity index (χ0v) is 8.25. The summed E-state index contributed by atoms with van der Waals surface area (Å²) in [6.45, 7) is 2.21. The number of aryl methyl sites for hydroxylation is 1. The Morgan fingerprint density at radius 2 is 1.93 bits per heavy atom. The van der Waals surface area contributed by atoms with Gasteiger partial charge in [0, 0.05) is 0 Å². The van der Waals surface area contributed by atoms with Crippen LogP contribution in [0.1, 0.15) is 23.6 Å². The molecule has 3 rings (SSSR count). The molecule has 0 fully saturated rings. The third-order valence-corrected chi connectivity index (χ3v) is 3.02. The van der Waals surface area contributed by atoms with Gasteiger partial charge in [0.2, 0.25) is 0 Å². The molecular weight excluding hydrogens is 168 g/mol. The van der Waals surface area contributed by atoms with Gasteiger partial charge >= 0.3 is 0 Å². The van der Waals surface area contributed by atoms with Crippen LogP contribution in [0, 0.1) is 0 Å². The molecule has 0 spiro atoms. The van der Waals surface area contributed by atoms with Crippen LogP contribution in [-0.2, 0) is 6.42 Å². The van der Waals surface area contributed by atoms with Crippen LogP contribution in [-0.4, -0.2) is 0 Å². The fourth-order valence-electron chi connectivity index (χ4n) is 2.29. The Morgan fingerprint density at radius 3 is 2.79 bits per heavy atom. The fraction of sp³-hybridized carbons (Fsp3) is 0.143. The summed E-state index contributed by atoms with van der Waals surface area (Å²) in [4.78, 5) is 0. The van der Waals surface area contributed by atoms with E-state index < -0.39 is 0 Å². The Bertz CT molecular complexity index is 533. The average Bonchev–Trinajstić information content (AvgIpc) is 2.66. The smallest absolute Gasteiger partial charge is 0.00361 e. The molecule has 0 heterocycles. The van der Waals surface area contributed by atoms with Gasteiger partial charge in [0.05, 0.1) is 0 Å². The number of rotatable bonds is 1. The third kappa shape index (κ3) is 0.884. The molecule has 0 saturated carbocycles. The molecule has 68 valence electrons. The predicted molar refractivity (Wildman–Crippen MR) is 62.3 cm³/mol. The molecule has 0 saturated heterocycles. The first-order valence-electron chi connectivity index (χ1n) is 5.13. The maximum atomic E-state index is 2.25. The second kappa shape index (κ2) is 2.71. The summed E-state index contributed by atoms with van der Waals surface area (Å²) >= 11 is 0. The van der Waals surface area contributed by atoms with Crippen molar-refractivity contribution in [2.24, 2.45) is 0 Å². The predicted octanol–water partition coefficient (Wildman–Crippen LogP) is 3.89. The van der Waals surface area contributed by atoms with Gasteiger partial charge in [-0.1, -0.05) is 49.4 Å². The van der Waals surface area contributed by atoms with Crippen molar-refractivity contribution in [2.45, 2.75) is 13.3 Å². The number of hydrogen-bond donors (Lipinski definition) is 0. The summed E-state index contributed by atoms with van der Waals surface area (Å²) < 4.78 is 0. The van der Waals surface area contributed by atoms with Crippen LogP contribution >= 0.6 is 0 Å². The average molecular weight is 180 g/mol. The summed E-state index contributed by atoms with van der Waals surface area (Å²) in [5.74, 6) is 0. The molecule has 0 atom stereocenters. The first-order chi connectivity index (χ1) is 6.90. The molecule has 2 aromatic rings. The maximum absolute atomic E-state index is 2.25. The molecule has 0 N–H and O–H groups in total. The molecule has 0 unspecified atom stereocenters. The van der Waals surface area contributed by atoms with Gasteiger partial charge in [0.25, 0.3) is 0 Å². The summed E-state index contributed by atoms with van der Waals surface area (Å²) in [7, 11) is 0. The maximum Gasteiger partial charge on any atom is -0.00361 e. The second-order valence-corrected chi connectivity index (χ2v) is 3.77. The number of hydrogen-bond acceptors (Lipinski definition) is 0. The fourth-order valence-corrected chi connectivity index (χ4v) is 2.29. The summed E-state index contributed by atoms with van der Waals surface area (Å²) in [5, 5.41) is 2.80. The van der Waals surface area contributed by atoms with Crippen LogP contribution in [0.4, 0.5) is 0 Å². The lowest BCUT2D eigenvalue weighted by Crippen LogP contribution is -1.86. The minimum absolute atomic E-state index is 1.12. The van der Waals surface area contributed by atoms with E-state index in [2.05, 4.69) is 49.4 Å². The molecule has 0 heteroatoms. The standard InChI is InChI=1S/C14H12/c1-2-10-6-7-11-4-3-5-12-8-9-13(10)14(11)12/h3-9H,2H2,1H3. The van der Waals surface area contributed by atoms with Gasteiger partial charge in [-0.15, -0.1) is 0 Å². The number of benzene rings is 2. The van der Waals surface area contributed by atoms with Gasteiger partial charge < -0.3 is 0 Å². The van der Waals surface area contributed by atoms with Gasteiger partial charge in [-0.2, -0.15) is 0 Å². The zero-order valence-electron chi connectivity index (χ0n) is 8.25. The van der Waals surface area contributed by atoms with Crippen molar-refractivity contribution < 1.29 is 0 Å². The van der Waals surface area contributed by atoms with Crippen molar-refractivity contribution >= 4 is 22.9 Å². The summed E-state index contributed by atoms with van der Waals surface area (Å²) in [6, 6.07) is 11.0. The van der Waals surface area contributed by atoms with Crippen LogP contribution in [0.25, 0.3) is 22.9 Å². The Hall–Kier alpha value is -1.56. The van der Waals surface area contributed by atoms with E-state index >= 15 is 0 Å². The van der Waals surface area contributed by atoms with Gasteiger partial charge in [-0.25, -0.2) is 0 Å². The van der Waals surface area contributed by atoms with Crippen molar-refractivity contribution in [1.29, 1.82) is 0 Å². The van der Waals surface area contributed by atoms with Crippen LogP contribution in [0.15, 0.2) is 30.3 Å². The minimum Gasteiger partial charge on any atom is -0.0613 e. The van der Waals surface area contributed by atoms with Gasteiger partial charge in [-0.3, -0.25) is 0 Å². The molecular formula is C14H12. The van der Waals surface area contributed by atoms with E-state index in [-0.39, 0.29) is 0 Å². The van der Waals surface area contributed by atoms with E-state index in [0.717, 1.165) is 6.42 Å². The molecule has 0 aliphatic heterocycles. The van der Waals surface area contributed by atoms with Gasteiger partial charge in [0.15, 0.2) is 0 Å². The molecule has 2 aromatic carbocycles. The zero-order chi connectivity index (χ0) is 9.54. The summed E-state index contributed by atoms with van der Waals surface area (Å²) in [6.07, 6.45) is 5.58. The Morgan fingerprint density at radius 1 is 1.00 bits per heavy atom. The lowest BCUT2D eigenvalue weighted by Gasteiger charge is -2.06. The molecule has 0 radical (unpaired) electrons. The summed E-state index contributed by atoms with van der Waals surface area (Å²) in [5.41, 5.74) is 4.26. The Kier molecular flexibility index (Phi) is 1.51. The molecule has 1 aliphatic rings. The van der Waals surface area contributed by atoms with Crippen molar-refractivity contribution in [3.63, 3.8) is 0 Å². The molecule has 14 heavy (non-hydrogen) atoms. The first kappa shape index (κ1) is 7.81. The highest BCUT2D eigenvalue weighted by molar-refractivity contribution is 6.05. The highest BCUT2D eigenvalue weighted by Crippen LogP contribution is 2.33. The van der Waals surface area contributed by atoms with Crippen LogP contribution in [0.3, 0.4) is 0 Å². The van der Waals surface area contributed by atoms with Crippen molar-refractivity contribution in [1.82, 2.24) is 0 Å². The van der Waals surface area contributed by atoms with Crippen LogP contribution in [0.2, 0.25) is 0 Å². The Balaban J connectivity index is 2.50. The SMILES string of the molecule is CCc1ccc2cccc3c2c1C=C3. The van der Waals surface area contributed by atoms with E-state index in [4.69, 9.17) is 0 Å². The third-order valence-electron chi connectivity index (χ3n) is 3.02. The second-order valence-electron chi connectivity index (χ2n) is 3.77. The molecule has 0 nitrogen and oxygen atoms in total. The first-order valence-corrected chi connectivity index (χ1v) is 5.13. The van der Waals surface area contributed by atoms with E-state index in [1.165, 1.54) is 27.5 Å². The van der Waals surface area contributed by atoms with Gasteiger partial charge in [0.1, 0.15) is 0 Å². The van der Waals surface area contributed by atoms with E-state index in [0.29, 0.717) is 0 Å². The Labute approximate surface area is 83.9 Å². The lowest BCUT2D eigenvalue weighted by molar-refractivity contribution is 1.14. The molecule has 1 aliphatic carbocycles. The van der Waals surface area contributed by atoms with Crippen molar-refractivity contribution in [3.05, 3.63) is 47.0 Å². The molecule has 0 amide bonds. The largest absolute Gasteiger partial charge is 0.0613 e. The van der Waals surface area contributed by atoms with Gasteiger partial charge in [-0.05, 0) is 33.9 Å².